The van der Waals surface area contributed by atoms with Gasteiger partial charge in [-0.25, -0.2) is 18.6 Å². The molecule has 0 unspecified atom stereocenters. The summed E-state index contributed by atoms with van der Waals surface area (Å²) in [5.41, 5.74) is -0.689. The van der Waals surface area contributed by atoms with E-state index in [2.05, 4.69) is 15.4 Å². The second-order valence-corrected chi connectivity index (χ2v) is 11.0. The second kappa shape index (κ2) is 12.3. The number of halogens is 5. The number of nitrogens with one attached hydrogen (secondary N) is 1. The fraction of sp³-hybridized carbons (Fsp3) is 0.242. The number of hydrogen-bond donors (Lipinski definition) is 1. The summed E-state index contributed by atoms with van der Waals surface area (Å²) < 4.78 is 79.4. The van der Waals surface area contributed by atoms with Gasteiger partial charge in [-0.2, -0.15) is 18.3 Å². The molecule has 5 aromatic rings. The van der Waals surface area contributed by atoms with Crippen LogP contribution in [0.25, 0.3) is 22.2 Å². The normalized spacial score (nSPS) is 15.3. The number of benzene rings is 3. The summed E-state index contributed by atoms with van der Waals surface area (Å²) in [4.78, 5) is 21.1. The van der Waals surface area contributed by atoms with E-state index in [9.17, 15) is 18.0 Å². The molecule has 3 aromatic carbocycles. The fourth-order valence-corrected chi connectivity index (χ4v) is 5.55. The number of alkyl halides is 3. The van der Waals surface area contributed by atoms with Gasteiger partial charge in [0.15, 0.2) is 17.4 Å². The van der Waals surface area contributed by atoms with Gasteiger partial charge >= 0.3 is 12.2 Å². The molecule has 1 aliphatic heterocycles. The van der Waals surface area contributed by atoms with E-state index >= 15 is 8.78 Å². The van der Waals surface area contributed by atoms with Crippen LogP contribution in [-0.4, -0.2) is 51.4 Å². The summed E-state index contributed by atoms with van der Waals surface area (Å²) in [6.07, 6.45) is -3.71. The molecule has 1 fully saturated rings. The number of amides is 2. The summed E-state index contributed by atoms with van der Waals surface area (Å²) >= 11 is 0. The number of carbonyl (C=O) groups is 1. The standard InChI is InChI=1S/C33H29F5N6O2/c1-20-18-43(32(45)40-22-11-7-4-8-12-22)13-14-44(20)27-16-26-24(17-39-27)30(41-42(26)2)23-15-25(33(36,37)38)29(35)31(28(23)34)46-19-21-9-5-3-6-10-21/h3-12,15-17,20H,13-14,18-19H2,1-2H3,(H,40,45)/t20-/m1/s1. The zero-order valence-corrected chi connectivity index (χ0v) is 24.9. The zero-order chi connectivity index (χ0) is 32.6. The van der Waals surface area contributed by atoms with E-state index in [0.29, 0.717) is 48.3 Å². The van der Waals surface area contributed by atoms with E-state index in [4.69, 9.17) is 4.74 Å². The summed E-state index contributed by atoms with van der Waals surface area (Å²) in [5, 5.41) is 7.48. The number of aromatic nitrogens is 3. The van der Waals surface area contributed by atoms with Gasteiger partial charge in [-0.1, -0.05) is 48.5 Å². The molecule has 2 amide bonds. The number of pyridine rings is 1. The average Bonchev–Trinajstić information content (AvgIpc) is 3.36. The number of nitrogens with zero attached hydrogens (tertiary/aromatic N) is 5. The van der Waals surface area contributed by atoms with Crippen molar-refractivity contribution in [1.82, 2.24) is 19.7 Å². The van der Waals surface area contributed by atoms with Crippen LogP contribution in [0.5, 0.6) is 5.75 Å². The Morgan fingerprint density at radius 2 is 1.70 bits per heavy atom. The first-order valence-electron chi connectivity index (χ1n) is 14.5. The number of fused-ring (bicyclic) bond motifs is 1. The minimum Gasteiger partial charge on any atom is -0.483 e. The van der Waals surface area contributed by atoms with Crippen LogP contribution < -0.4 is 15.0 Å². The predicted molar refractivity (Wildman–Crippen MR) is 163 cm³/mol. The molecule has 3 heterocycles. The van der Waals surface area contributed by atoms with Crippen LogP contribution >= 0.6 is 0 Å². The molecule has 0 radical (unpaired) electrons. The van der Waals surface area contributed by atoms with Gasteiger partial charge in [0.25, 0.3) is 0 Å². The number of rotatable bonds is 6. The zero-order valence-electron chi connectivity index (χ0n) is 24.9. The molecule has 46 heavy (non-hydrogen) atoms. The average molecular weight is 637 g/mol. The molecule has 1 saturated heterocycles. The number of urea groups is 1. The summed E-state index contributed by atoms with van der Waals surface area (Å²) in [6, 6.07) is 19.2. The molecule has 1 atom stereocenters. The van der Waals surface area contributed by atoms with Crippen molar-refractivity contribution in [2.24, 2.45) is 7.05 Å². The van der Waals surface area contributed by atoms with Gasteiger partial charge in [0.2, 0.25) is 0 Å². The molecule has 0 bridgehead atoms. The second-order valence-electron chi connectivity index (χ2n) is 11.0. The number of anilines is 2. The van der Waals surface area contributed by atoms with Crippen LogP contribution in [-0.2, 0) is 19.8 Å². The SMILES string of the molecule is C[C@@H]1CN(C(=O)Nc2ccccc2)CCN1c1cc2c(cn1)c(-c1cc(C(F)(F)F)c(F)c(OCc3ccccc3)c1F)nn2C. The largest absolute Gasteiger partial charge is 0.483 e. The van der Waals surface area contributed by atoms with Crippen LogP contribution in [0.1, 0.15) is 18.1 Å². The topological polar surface area (TPSA) is 75.5 Å². The highest BCUT2D eigenvalue weighted by Crippen LogP contribution is 2.42. The Bertz CT molecular complexity index is 1880. The molecule has 1 N–H and O–H groups in total. The van der Waals surface area contributed by atoms with E-state index in [1.165, 1.54) is 10.9 Å². The summed E-state index contributed by atoms with van der Waals surface area (Å²) in [6.45, 7) is 2.92. The maximum absolute atomic E-state index is 15.8. The lowest BCUT2D eigenvalue weighted by molar-refractivity contribution is -0.140. The molecule has 2 aromatic heterocycles. The molecule has 13 heteroatoms. The van der Waals surface area contributed by atoms with Gasteiger partial charge in [-0.3, -0.25) is 4.68 Å². The van der Waals surface area contributed by atoms with Crippen molar-refractivity contribution >= 4 is 28.4 Å². The summed E-state index contributed by atoms with van der Waals surface area (Å²) in [5.74, 6) is -3.72. The van der Waals surface area contributed by atoms with Crippen LogP contribution in [0.3, 0.4) is 0 Å². The third kappa shape index (κ3) is 6.04. The lowest BCUT2D eigenvalue weighted by Crippen LogP contribution is -2.55. The molecular weight excluding hydrogens is 607 g/mol. The van der Waals surface area contributed by atoms with E-state index in [1.54, 1.807) is 60.5 Å². The first-order chi connectivity index (χ1) is 22.0. The summed E-state index contributed by atoms with van der Waals surface area (Å²) in [7, 11) is 1.57. The Kier molecular flexibility index (Phi) is 8.24. The van der Waals surface area contributed by atoms with Crippen LogP contribution in [0.15, 0.2) is 79.0 Å². The van der Waals surface area contributed by atoms with E-state index < -0.39 is 34.7 Å². The number of piperazine rings is 1. The highest BCUT2D eigenvalue weighted by atomic mass is 19.4. The third-order valence-electron chi connectivity index (χ3n) is 7.90. The number of hydrogen-bond acceptors (Lipinski definition) is 5. The van der Waals surface area contributed by atoms with Gasteiger partial charge < -0.3 is 19.9 Å². The van der Waals surface area contributed by atoms with E-state index in [1.807, 2.05) is 30.0 Å². The van der Waals surface area contributed by atoms with Crippen molar-refractivity contribution in [3.05, 3.63) is 102 Å². The Labute approximate surface area is 261 Å². The maximum Gasteiger partial charge on any atom is 0.419 e. The molecular formula is C33H29F5N6O2. The molecule has 0 spiro atoms. The van der Waals surface area contributed by atoms with Crippen molar-refractivity contribution in [2.75, 3.05) is 29.9 Å². The fourth-order valence-electron chi connectivity index (χ4n) is 5.55. The minimum atomic E-state index is -5.12. The van der Waals surface area contributed by atoms with Crippen molar-refractivity contribution in [2.45, 2.75) is 25.7 Å². The lowest BCUT2D eigenvalue weighted by Gasteiger charge is -2.40. The third-order valence-corrected chi connectivity index (χ3v) is 7.90. The number of carbonyl (C=O) groups excluding carboxylic acids is 1. The lowest BCUT2D eigenvalue weighted by atomic mass is 10.0. The van der Waals surface area contributed by atoms with Crippen molar-refractivity contribution in [1.29, 1.82) is 0 Å². The monoisotopic (exact) mass is 636 g/mol. The van der Waals surface area contributed by atoms with Crippen LogP contribution in [0, 0.1) is 11.6 Å². The smallest absolute Gasteiger partial charge is 0.419 e. The number of para-hydroxylation sites is 1. The molecule has 8 nitrogen and oxygen atoms in total. The molecule has 1 aliphatic rings. The molecule has 0 saturated carbocycles. The van der Waals surface area contributed by atoms with Gasteiger partial charge in [-0.15, -0.1) is 0 Å². The number of aryl methyl sites for hydroxylation is 1. The van der Waals surface area contributed by atoms with E-state index in [-0.39, 0.29) is 29.8 Å². The highest BCUT2D eigenvalue weighted by Gasteiger charge is 2.39. The Morgan fingerprint density at radius 1 is 1.00 bits per heavy atom. The van der Waals surface area contributed by atoms with Gasteiger partial charge in [-0.05, 0) is 30.7 Å². The quantitative estimate of drug-likeness (QED) is 0.199. The van der Waals surface area contributed by atoms with Crippen LogP contribution in [0.2, 0.25) is 0 Å². The Morgan fingerprint density at radius 3 is 2.37 bits per heavy atom. The molecule has 6 rings (SSSR count). The van der Waals surface area contributed by atoms with Crippen LogP contribution in [0.4, 0.5) is 38.3 Å². The highest BCUT2D eigenvalue weighted by molar-refractivity contribution is 5.94. The molecule has 238 valence electrons. The van der Waals surface area contributed by atoms with E-state index in [0.717, 1.165) is 0 Å². The number of ether oxygens (including phenoxy) is 1. The van der Waals surface area contributed by atoms with Gasteiger partial charge in [0.05, 0.1) is 11.1 Å². The Hall–Kier alpha value is -5.20. The van der Waals surface area contributed by atoms with Crippen molar-refractivity contribution in [3.63, 3.8) is 0 Å². The molecule has 0 aliphatic carbocycles. The predicted octanol–water partition coefficient (Wildman–Crippen LogP) is 7.25. The maximum atomic E-state index is 15.8. The van der Waals surface area contributed by atoms with Gasteiger partial charge in [0.1, 0.15) is 18.1 Å². The van der Waals surface area contributed by atoms with Gasteiger partial charge in [0, 0.05) is 61.6 Å². The first-order valence-corrected chi connectivity index (χ1v) is 14.5. The first kappa shape index (κ1) is 30.8. The Balaban J connectivity index is 1.29. The van der Waals surface area contributed by atoms with Crippen molar-refractivity contribution < 1.29 is 31.5 Å². The minimum absolute atomic E-state index is 0.124. The van der Waals surface area contributed by atoms with Crippen molar-refractivity contribution in [3.8, 4) is 17.0 Å².